The molecule has 0 saturated heterocycles. The predicted octanol–water partition coefficient (Wildman–Crippen LogP) is 2.08. The zero-order valence-electron chi connectivity index (χ0n) is 9.91. The number of rotatable bonds is 2. The normalized spacial score (nSPS) is 12.0. The Labute approximate surface area is 106 Å². The fourth-order valence-corrected chi connectivity index (χ4v) is 2.87. The van der Waals surface area contributed by atoms with Gasteiger partial charge in [-0.3, -0.25) is 14.9 Å². The van der Waals surface area contributed by atoms with Gasteiger partial charge >= 0.3 is 0 Å². The first-order valence-corrected chi connectivity index (χ1v) is 6.17. The van der Waals surface area contributed by atoms with Gasteiger partial charge in [-0.05, 0) is 13.0 Å². The van der Waals surface area contributed by atoms with E-state index in [2.05, 4.69) is 4.99 Å². The molecule has 1 amide bonds. The molecule has 0 saturated carbocycles. The predicted molar refractivity (Wildman–Crippen MR) is 68.4 cm³/mol. The third-order valence-electron chi connectivity index (χ3n) is 2.45. The lowest BCUT2D eigenvalue weighted by Gasteiger charge is -1.99. The van der Waals surface area contributed by atoms with Crippen molar-refractivity contribution in [2.75, 3.05) is 0 Å². The smallest absolute Gasteiger partial charge is 0.270 e. The monoisotopic (exact) mass is 265 g/mol. The highest BCUT2D eigenvalue weighted by molar-refractivity contribution is 7.16. The van der Waals surface area contributed by atoms with Gasteiger partial charge in [0.15, 0.2) is 4.80 Å². The number of nitrogens with zero attached hydrogens (tertiary/aromatic N) is 3. The van der Waals surface area contributed by atoms with Crippen LogP contribution in [0.25, 0.3) is 10.2 Å². The summed E-state index contributed by atoms with van der Waals surface area (Å²) < 4.78 is 2.62. The van der Waals surface area contributed by atoms with Crippen LogP contribution in [0.15, 0.2) is 23.2 Å². The van der Waals surface area contributed by atoms with Crippen LogP contribution >= 0.6 is 11.3 Å². The van der Waals surface area contributed by atoms with Gasteiger partial charge in [0.2, 0.25) is 5.91 Å². The Kier molecular flexibility index (Phi) is 3.24. The third-order valence-corrected chi connectivity index (χ3v) is 3.49. The number of benzene rings is 1. The molecule has 0 radical (unpaired) electrons. The molecular formula is C11H11N3O3S. The largest absolute Gasteiger partial charge is 0.317 e. The van der Waals surface area contributed by atoms with Crippen molar-refractivity contribution in [2.24, 2.45) is 4.99 Å². The van der Waals surface area contributed by atoms with Gasteiger partial charge < -0.3 is 4.57 Å². The van der Waals surface area contributed by atoms with E-state index >= 15 is 0 Å². The summed E-state index contributed by atoms with van der Waals surface area (Å²) in [4.78, 5) is 25.8. The Bertz CT molecular complexity index is 699. The van der Waals surface area contributed by atoms with Gasteiger partial charge in [0.05, 0.1) is 15.1 Å². The SMILES string of the molecule is CCn1c(=NC(C)=O)sc2cc([N+](=O)[O-])ccc21. The van der Waals surface area contributed by atoms with E-state index in [-0.39, 0.29) is 11.6 Å². The van der Waals surface area contributed by atoms with Crippen LogP contribution in [-0.4, -0.2) is 15.4 Å². The topological polar surface area (TPSA) is 77.5 Å². The number of nitro groups is 1. The molecule has 1 heterocycles. The van der Waals surface area contributed by atoms with E-state index in [1.54, 1.807) is 6.07 Å². The molecular weight excluding hydrogens is 254 g/mol. The van der Waals surface area contributed by atoms with Crippen LogP contribution in [-0.2, 0) is 11.3 Å². The van der Waals surface area contributed by atoms with Crippen LogP contribution in [0.5, 0.6) is 0 Å². The number of hydrogen-bond donors (Lipinski definition) is 0. The number of fused-ring (bicyclic) bond motifs is 1. The van der Waals surface area contributed by atoms with Gasteiger partial charge in [-0.25, -0.2) is 0 Å². The molecule has 6 nitrogen and oxygen atoms in total. The maximum absolute atomic E-state index is 11.1. The molecule has 0 spiro atoms. The number of aromatic nitrogens is 1. The first-order valence-electron chi connectivity index (χ1n) is 5.36. The molecule has 0 aliphatic carbocycles. The molecule has 0 atom stereocenters. The molecule has 7 heteroatoms. The Hall–Kier alpha value is -2.02. The molecule has 1 aromatic carbocycles. The second-order valence-corrected chi connectivity index (χ2v) is 4.68. The fourth-order valence-electron chi connectivity index (χ4n) is 1.70. The molecule has 0 aliphatic heterocycles. The number of aryl methyl sites for hydroxylation is 1. The number of amides is 1. The van der Waals surface area contributed by atoms with Gasteiger partial charge in [-0.1, -0.05) is 11.3 Å². The highest BCUT2D eigenvalue weighted by atomic mass is 32.1. The second-order valence-electron chi connectivity index (χ2n) is 3.67. The lowest BCUT2D eigenvalue weighted by atomic mass is 10.3. The van der Waals surface area contributed by atoms with Crippen molar-refractivity contribution in [3.05, 3.63) is 33.1 Å². The van der Waals surface area contributed by atoms with E-state index in [9.17, 15) is 14.9 Å². The summed E-state index contributed by atoms with van der Waals surface area (Å²) in [5.74, 6) is -0.279. The van der Waals surface area contributed by atoms with E-state index in [1.807, 2.05) is 11.5 Å². The Morgan fingerprint density at radius 2 is 2.28 bits per heavy atom. The van der Waals surface area contributed by atoms with Crippen molar-refractivity contribution in [3.8, 4) is 0 Å². The van der Waals surface area contributed by atoms with Crippen LogP contribution in [0.3, 0.4) is 0 Å². The minimum absolute atomic E-state index is 0.0429. The van der Waals surface area contributed by atoms with Crippen molar-refractivity contribution in [3.63, 3.8) is 0 Å². The summed E-state index contributed by atoms with van der Waals surface area (Å²) in [5, 5.41) is 10.7. The molecule has 94 valence electrons. The molecule has 0 N–H and O–H groups in total. The van der Waals surface area contributed by atoms with E-state index in [0.29, 0.717) is 11.3 Å². The van der Waals surface area contributed by atoms with E-state index < -0.39 is 4.92 Å². The summed E-state index contributed by atoms with van der Waals surface area (Å²) in [6, 6.07) is 4.65. The zero-order chi connectivity index (χ0) is 13.3. The molecule has 0 unspecified atom stereocenters. The van der Waals surface area contributed by atoms with Crippen molar-refractivity contribution in [1.82, 2.24) is 4.57 Å². The summed E-state index contributed by atoms with van der Waals surface area (Å²) in [5.41, 5.74) is 0.898. The van der Waals surface area contributed by atoms with Crippen molar-refractivity contribution >= 4 is 33.1 Å². The number of thiazole rings is 1. The van der Waals surface area contributed by atoms with Gasteiger partial charge in [-0.15, -0.1) is 0 Å². The minimum Gasteiger partial charge on any atom is -0.317 e. The number of hydrogen-bond acceptors (Lipinski definition) is 4. The van der Waals surface area contributed by atoms with Crippen LogP contribution in [0.4, 0.5) is 5.69 Å². The van der Waals surface area contributed by atoms with Crippen LogP contribution in [0.1, 0.15) is 13.8 Å². The first-order chi connectivity index (χ1) is 8.52. The van der Waals surface area contributed by atoms with Crippen LogP contribution < -0.4 is 4.80 Å². The number of nitro benzene ring substituents is 1. The quantitative estimate of drug-likeness (QED) is 0.616. The van der Waals surface area contributed by atoms with E-state index in [0.717, 1.165) is 10.2 Å². The number of carbonyl (C=O) groups is 1. The standard InChI is InChI=1S/C11H11N3O3S/c1-3-13-9-5-4-8(14(16)17)6-10(9)18-11(13)12-7(2)15/h4-6H,3H2,1-2H3. The highest BCUT2D eigenvalue weighted by Crippen LogP contribution is 2.23. The maximum Gasteiger partial charge on any atom is 0.270 e. The lowest BCUT2D eigenvalue weighted by molar-refractivity contribution is -0.384. The number of carbonyl (C=O) groups excluding carboxylic acids is 1. The summed E-state index contributed by atoms with van der Waals surface area (Å²) in [6.07, 6.45) is 0. The Balaban J connectivity index is 2.76. The van der Waals surface area contributed by atoms with Crippen molar-refractivity contribution in [1.29, 1.82) is 0 Å². The van der Waals surface area contributed by atoms with Crippen molar-refractivity contribution in [2.45, 2.75) is 20.4 Å². The number of non-ortho nitro benzene ring substituents is 1. The molecule has 0 fully saturated rings. The van der Waals surface area contributed by atoms with E-state index in [1.165, 1.54) is 30.4 Å². The average Bonchev–Trinajstić information content (AvgIpc) is 2.63. The van der Waals surface area contributed by atoms with Crippen LogP contribution in [0, 0.1) is 10.1 Å². The van der Waals surface area contributed by atoms with Gasteiger partial charge in [0.1, 0.15) is 0 Å². The minimum atomic E-state index is -0.433. The van der Waals surface area contributed by atoms with E-state index in [4.69, 9.17) is 0 Å². The molecule has 18 heavy (non-hydrogen) atoms. The maximum atomic E-state index is 11.1. The molecule has 1 aromatic heterocycles. The Morgan fingerprint density at radius 3 is 2.83 bits per heavy atom. The molecule has 0 aliphatic rings. The highest BCUT2D eigenvalue weighted by Gasteiger charge is 2.11. The van der Waals surface area contributed by atoms with Gasteiger partial charge in [0.25, 0.3) is 5.69 Å². The van der Waals surface area contributed by atoms with Crippen LogP contribution in [0.2, 0.25) is 0 Å². The van der Waals surface area contributed by atoms with Gasteiger partial charge in [-0.2, -0.15) is 4.99 Å². The molecule has 2 aromatic rings. The summed E-state index contributed by atoms with van der Waals surface area (Å²) in [7, 11) is 0. The second kappa shape index (κ2) is 4.69. The zero-order valence-corrected chi connectivity index (χ0v) is 10.7. The van der Waals surface area contributed by atoms with Crippen molar-refractivity contribution < 1.29 is 9.72 Å². The summed E-state index contributed by atoms with van der Waals surface area (Å²) >= 11 is 1.28. The molecule has 2 rings (SSSR count). The average molecular weight is 265 g/mol. The summed E-state index contributed by atoms with van der Waals surface area (Å²) in [6.45, 7) is 3.98. The lowest BCUT2D eigenvalue weighted by Crippen LogP contribution is -2.14. The molecule has 0 bridgehead atoms. The third kappa shape index (κ3) is 2.17. The Morgan fingerprint density at radius 1 is 1.56 bits per heavy atom. The van der Waals surface area contributed by atoms with Gasteiger partial charge in [0, 0.05) is 25.6 Å². The fraction of sp³-hybridized carbons (Fsp3) is 0.273. The first kappa shape index (κ1) is 12.4.